The average Bonchev–Trinajstić information content (AvgIpc) is 3.29. The summed E-state index contributed by atoms with van der Waals surface area (Å²) in [5.74, 6) is 0.995. The van der Waals surface area contributed by atoms with E-state index in [4.69, 9.17) is 0 Å². The first-order chi connectivity index (χ1) is 9.72. The quantitative estimate of drug-likeness (QED) is 0.902. The minimum atomic E-state index is -0.0876. The minimum absolute atomic E-state index is 0.0876. The second kappa shape index (κ2) is 5.87. The maximum Gasteiger partial charge on any atom is 0.271 e. The highest BCUT2D eigenvalue weighted by Crippen LogP contribution is 2.27. The monoisotopic (exact) mass is 274 g/mol. The Morgan fingerprint density at radius 1 is 1.40 bits per heavy atom. The summed E-state index contributed by atoms with van der Waals surface area (Å²) in [6.07, 6.45) is 8.16. The third kappa shape index (κ3) is 3.33. The fourth-order valence-corrected chi connectivity index (χ4v) is 2.74. The third-order valence-corrected chi connectivity index (χ3v) is 4.18. The van der Waals surface area contributed by atoms with Gasteiger partial charge in [-0.25, -0.2) is 4.98 Å². The zero-order chi connectivity index (χ0) is 13.9. The van der Waals surface area contributed by atoms with Gasteiger partial charge in [-0.15, -0.1) is 0 Å². The molecule has 20 heavy (non-hydrogen) atoms. The summed E-state index contributed by atoms with van der Waals surface area (Å²) in [5.41, 5.74) is 1.41. The Kier molecular flexibility index (Phi) is 3.96. The van der Waals surface area contributed by atoms with Gasteiger partial charge in [0.15, 0.2) is 0 Å². The van der Waals surface area contributed by atoms with Crippen LogP contribution >= 0.6 is 0 Å². The molecule has 5 nitrogen and oxygen atoms in total. The maximum atomic E-state index is 12.1. The number of aromatic nitrogens is 2. The van der Waals surface area contributed by atoms with Crippen LogP contribution in [0.3, 0.4) is 0 Å². The van der Waals surface area contributed by atoms with Gasteiger partial charge in [-0.1, -0.05) is 0 Å². The molecule has 2 fully saturated rings. The number of piperidine rings is 1. The van der Waals surface area contributed by atoms with Crippen LogP contribution in [0.1, 0.15) is 47.8 Å². The Labute approximate surface area is 119 Å². The molecule has 0 aromatic carbocycles. The lowest BCUT2D eigenvalue weighted by Gasteiger charge is -2.29. The zero-order valence-corrected chi connectivity index (χ0v) is 12.0. The molecule has 1 atom stereocenters. The van der Waals surface area contributed by atoms with Gasteiger partial charge in [0.1, 0.15) is 5.69 Å². The second-order valence-corrected chi connectivity index (χ2v) is 6.08. The van der Waals surface area contributed by atoms with Crippen LogP contribution < -0.4 is 5.32 Å². The molecule has 1 N–H and O–H groups in total. The van der Waals surface area contributed by atoms with Crippen molar-refractivity contribution in [2.24, 2.45) is 5.92 Å². The van der Waals surface area contributed by atoms with Gasteiger partial charge in [0, 0.05) is 25.2 Å². The van der Waals surface area contributed by atoms with Gasteiger partial charge >= 0.3 is 0 Å². The summed E-state index contributed by atoms with van der Waals surface area (Å²) in [6, 6.07) is 0. The van der Waals surface area contributed by atoms with Gasteiger partial charge in [-0.3, -0.25) is 9.78 Å². The van der Waals surface area contributed by atoms with E-state index in [9.17, 15) is 4.79 Å². The Bertz CT molecular complexity index is 487. The zero-order valence-electron chi connectivity index (χ0n) is 12.0. The highest BCUT2D eigenvalue weighted by atomic mass is 16.1. The Morgan fingerprint density at radius 3 is 3.00 bits per heavy atom. The summed E-state index contributed by atoms with van der Waals surface area (Å²) in [4.78, 5) is 23.1. The first-order valence-corrected chi connectivity index (χ1v) is 7.51. The van der Waals surface area contributed by atoms with Crippen molar-refractivity contribution in [3.63, 3.8) is 0 Å². The SMILES string of the molecule is CN1CCC[C@@H](c2cncc(C(=O)NCC3CC3)n2)C1. The van der Waals surface area contributed by atoms with Gasteiger partial charge in [-0.05, 0) is 45.2 Å². The van der Waals surface area contributed by atoms with Crippen molar-refractivity contribution in [2.75, 3.05) is 26.7 Å². The smallest absolute Gasteiger partial charge is 0.271 e. The van der Waals surface area contributed by atoms with E-state index < -0.39 is 0 Å². The number of rotatable bonds is 4. The predicted molar refractivity (Wildman–Crippen MR) is 76.6 cm³/mol. The predicted octanol–water partition coefficient (Wildman–Crippen LogP) is 1.43. The Balaban J connectivity index is 1.66. The number of hydrogen-bond acceptors (Lipinski definition) is 4. The summed E-state index contributed by atoms with van der Waals surface area (Å²) < 4.78 is 0. The van der Waals surface area contributed by atoms with Crippen LogP contribution in [0, 0.1) is 5.92 Å². The van der Waals surface area contributed by atoms with E-state index >= 15 is 0 Å². The summed E-state index contributed by atoms with van der Waals surface area (Å²) in [5, 5.41) is 2.95. The molecule has 2 aliphatic rings. The van der Waals surface area contributed by atoms with E-state index in [1.165, 1.54) is 19.3 Å². The number of carbonyl (C=O) groups excluding carboxylic acids is 1. The fourth-order valence-electron chi connectivity index (χ4n) is 2.74. The molecule has 0 bridgehead atoms. The molecular formula is C15H22N4O. The van der Waals surface area contributed by atoms with Crippen molar-refractivity contribution in [1.82, 2.24) is 20.2 Å². The van der Waals surface area contributed by atoms with Crippen molar-refractivity contribution >= 4 is 5.91 Å². The van der Waals surface area contributed by atoms with E-state index in [2.05, 4.69) is 27.2 Å². The van der Waals surface area contributed by atoms with Crippen molar-refractivity contribution in [2.45, 2.75) is 31.6 Å². The molecule has 1 saturated carbocycles. The molecule has 0 spiro atoms. The topological polar surface area (TPSA) is 58.1 Å². The van der Waals surface area contributed by atoms with Crippen LogP contribution in [-0.4, -0.2) is 47.5 Å². The van der Waals surface area contributed by atoms with Gasteiger partial charge in [-0.2, -0.15) is 0 Å². The molecule has 1 aromatic rings. The van der Waals surface area contributed by atoms with Crippen LogP contribution in [0.25, 0.3) is 0 Å². The number of likely N-dealkylation sites (N-methyl/N-ethyl adjacent to an activating group) is 1. The minimum Gasteiger partial charge on any atom is -0.350 e. The van der Waals surface area contributed by atoms with Gasteiger partial charge in [0.05, 0.1) is 11.9 Å². The maximum absolute atomic E-state index is 12.1. The molecule has 3 rings (SSSR count). The summed E-state index contributed by atoms with van der Waals surface area (Å²) in [7, 11) is 2.13. The van der Waals surface area contributed by atoms with Crippen LogP contribution in [0.5, 0.6) is 0 Å². The summed E-state index contributed by atoms with van der Waals surface area (Å²) in [6.45, 7) is 2.92. The number of likely N-dealkylation sites (tertiary alicyclic amines) is 1. The number of nitrogens with zero attached hydrogens (tertiary/aromatic N) is 3. The van der Waals surface area contributed by atoms with Crippen LogP contribution in [0.15, 0.2) is 12.4 Å². The second-order valence-electron chi connectivity index (χ2n) is 6.08. The van der Waals surface area contributed by atoms with Crippen molar-refractivity contribution < 1.29 is 4.79 Å². The highest BCUT2D eigenvalue weighted by Gasteiger charge is 2.23. The first kappa shape index (κ1) is 13.5. The molecule has 0 unspecified atom stereocenters. The molecule has 1 aliphatic heterocycles. The summed E-state index contributed by atoms with van der Waals surface area (Å²) >= 11 is 0. The van der Waals surface area contributed by atoms with E-state index in [0.717, 1.165) is 31.7 Å². The van der Waals surface area contributed by atoms with E-state index in [0.29, 0.717) is 17.5 Å². The van der Waals surface area contributed by atoms with Crippen molar-refractivity contribution in [1.29, 1.82) is 0 Å². The lowest BCUT2D eigenvalue weighted by Crippen LogP contribution is -2.32. The molecule has 108 valence electrons. The molecular weight excluding hydrogens is 252 g/mol. The third-order valence-electron chi connectivity index (χ3n) is 4.18. The highest BCUT2D eigenvalue weighted by molar-refractivity contribution is 5.91. The number of hydrogen-bond donors (Lipinski definition) is 1. The molecule has 1 aromatic heterocycles. The largest absolute Gasteiger partial charge is 0.350 e. The fraction of sp³-hybridized carbons (Fsp3) is 0.667. The van der Waals surface area contributed by atoms with Gasteiger partial charge < -0.3 is 10.2 Å². The average molecular weight is 274 g/mol. The van der Waals surface area contributed by atoms with Crippen molar-refractivity contribution in [3.05, 3.63) is 23.8 Å². The van der Waals surface area contributed by atoms with Crippen LogP contribution in [-0.2, 0) is 0 Å². The number of carbonyl (C=O) groups is 1. The van der Waals surface area contributed by atoms with Crippen LogP contribution in [0.2, 0.25) is 0 Å². The Hall–Kier alpha value is -1.49. The lowest BCUT2D eigenvalue weighted by molar-refractivity contribution is 0.0946. The number of amides is 1. The van der Waals surface area contributed by atoms with Crippen LogP contribution in [0.4, 0.5) is 0 Å². The Morgan fingerprint density at radius 2 is 2.25 bits per heavy atom. The lowest BCUT2D eigenvalue weighted by atomic mass is 9.95. The molecule has 1 amide bonds. The van der Waals surface area contributed by atoms with E-state index in [-0.39, 0.29) is 5.91 Å². The van der Waals surface area contributed by atoms with E-state index in [1.54, 1.807) is 6.20 Å². The first-order valence-electron chi connectivity index (χ1n) is 7.51. The standard InChI is InChI=1S/C15H22N4O/c1-19-6-2-3-12(10-19)13-8-16-9-14(18-13)15(20)17-7-11-4-5-11/h8-9,11-12H,2-7,10H2,1H3,(H,17,20)/t12-/m1/s1. The molecule has 2 heterocycles. The molecule has 1 saturated heterocycles. The molecule has 1 aliphatic carbocycles. The normalized spacial score (nSPS) is 23.6. The molecule has 5 heteroatoms. The molecule has 0 radical (unpaired) electrons. The van der Waals surface area contributed by atoms with E-state index in [1.807, 2.05) is 6.20 Å². The van der Waals surface area contributed by atoms with Gasteiger partial charge in [0.25, 0.3) is 5.91 Å². The number of nitrogens with one attached hydrogen (secondary N) is 1. The van der Waals surface area contributed by atoms with Crippen molar-refractivity contribution in [3.8, 4) is 0 Å². The van der Waals surface area contributed by atoms with Gasteiger partial charge in [0.2, 0.25) is 0 Å².